The van der Waals surface area contributed by atoms with Gasteiger partial charge in [-0.1, -0.05) is 117 Å². The van der Waals surface area contributed by atoms with E-state index in [2.05, 4.69) is 20.8 Å². The zero-order valence-electron chi connectivity index (χ0n) is 19.2. The minimum Gasteiger partial charge on any atom is -0.379 e. The van der Waals surface area contributed by atoms with Gasteiger partial charge >= 0.3 is 0 Å². The molecule has 1 atom stereocenters. The van der Waals surface area contributed by atoms with Crippen molar-refractivity contribution in [1.82, 2.24) is 0 Å². The molecule has 0 aliphatic rings. The highest BCUT2D eigenvalue weighted by atomic mass is 16.5. The Kier molecular flexibility index (Phi) is 23.9. The average molecular weight is 385 g/mol. The van der Waals surface area contributed by atoms with Crippen molar-refractivity contribution in [3.8, 4) is 0 Å². The van der Waals surface area contributed by atoms with Crippen LogP contribution in [-0.2, 0) is 9.47 Å². The van der Waals surface area contributed by atoms with E-state index >= 15 is 0 Å². The molecule has 0 bridgehead atoms. The predicted molar refractivity (Wildman–Crippen MR) is 121 cm³/mol. The fourth-order valence-electron chi connectivity index (χ4n) is 3.51. The largest absolute Gasteiger partial charge is 0.379 e. The lowest BCUT2D eigenvalue weighted by Crippen LogP contribution is -2.17. The monoisotopic (exact) mass is 384 g/mol. The molecular formula is C25H52O2. The van der Waals surface area contributed by atoms with Crippen LogP contribution in [0.1, 0.15) is 136 Å². The predicted octanol–water partition coefficient (Wildman–Crippen LogP) is 8.47. The Bertz CT molecular complexity index is 255. The molecule has 0 aliphatic carbocycles. The minimum atomic E-state index is 0.248. The third-order valence-corrected chi connectivity index (χ3v) is 5.40. The van der Waals surface area contributed by atoms with Crippen LogP contribution in [0.3, 0.4) is 0 Å². The summed E-state index contributed by atoms with van der Waals surface area (Å²) in [7, 11) is 0. The van der Waals surface area contributed by atoms with Crippen molar-refractivity contribution in [3.05, 3.63) is 0 Å². The van der Waals surface area contributed by atoms with Crippen LogP contribution in [0.2, 0.25) is 0 Å². The lowest BCUT2D eigenvalue weighted by atomic mass is 10.1. The molecule has 0 aromatic carbocycles. The summed E-state index contributed by atoms with van der Waals surface area (Å²) in [6, 6.07) is 0. The Morgan fingerprint density at radius 2 is 0.852 bits per heavy atom. The SMILES string of the molecule is CCCCCCCCCCCCOCC(C)OCCCCCCCCCC. The van der Waals surface area contributed by atoms with Gasteiger partial charge in [-0.25, -0.2) is 0 Å². The summed E-state index contributed by atoms with van der Waals surface area (Å²) in [5, 5.41) is 0. The van der Waals surface area contributed by atoms with Gasteiger partial charge in [-0.05, 0) is 19.8 Å². The second-order valence-corrected chi connectivity index (χ2v) is 8.41. The Labute approximate surface area is 172 Å². The van der Waals surface area contributed by atoms with Gasteiger partial charge in [0.2, 0.25) is 0 Å². The van der Waals surface area contributed by atoms with E-state index < -0.39 is 0 Å². The van der Waals surface area contributed by atoms with Crippen molar-refractivity contribution in [2.24, 2.45) is 0 Å². The van der Waals surface area contributed by atoms with Crippen LogP contribution in [0.15, 0.2) is 0 Å². The normalized spacial score (nSPS) is 12.6. The van der Waals surface area contributed by atoms with Crippen LogP contribution in [0.4, 0.5) is 0 Å². The van der Waals surface area contributed by atoms with Gasteiger partial charge in [0, 0.05) is 13.2 Å². The molecule has 0 N–H and O–H groups in total. The van der Waals surface area contributed by atoms with E-state index in [0.29, 0.717) is 0 Å². The smallest absolute Gasteiger partial charge is 0.0780 e. The summed E-state index contributed by atoms with van der Waals surface area (Å²) in [5.41, 5.74) is 0. The second kappa shape index (κ2) is 24.0. The molecule has 0 aromatic rings. The molecule has 0 amide bonds. The van der Waals surface area contributed by atoms with Gasteiger partial charge in [0.05, 0.1) is 12.7 Å². The molecule has 0 aliphatic heterocycles. The van der Waals surface area contributed by atoms with Crippen molar-refractivity contribution in [2.75, 3.05) is 19.8 Å². The van der Waals surface area contributed by atoms with Crippen molar-refractivity contribution < 1.29 is 9.47 Å². The standard InChI is InChI=1S/C25H52O2/c1-4-6-8-10-12-14-15-16-18-20-22-26-24-25(3)27-23-21-19-17-13-11-9-7-5-2/h25H,4-24H2,1-3H3. The molecule has 1 unspecified atom stereocenters. The zero-order valence-corrected chi connectivity index (χ0v) is 19.2. The minimum absolute atomic E-state index is 0.248. The van der Waals surface area contributed by atoms with Crippen molar-refractivity contribution in [1.29, 1.82) is 0 Å². The van der Waals surface area contributed by atoms with Crippen molar-refractivity contribution in [2.45, 2.75) is 142 Å². The highest BCUT2D eigenvalue weighted by Gasteiger charge is 2.02. The molecule has 27 heavy (non-hydrogen) atoms. The molecule has 0 aromatic heterocycles. The molecule has 164 valence electrons. The number of ether oxygens (including phenoxy) is 2. The zero-order chi connectivity index (χ0) is 19.8. The van der Waals surface area contributed by atoms with Crippen LogP contribution in [-0.4, -0.2) is 25.9 Å². The van der Waals surface area contributed by atoms with Gasteiger partial charge < -0.3 is 9.47 Å². The highest BCUT2D eigenvalue weighted by Crippen LogP contribution is 2.11. The summed E-state index contributed by atoms with van der Waals surface area (Å²) in [5.74, 6) is 0. The molecule has 0 saturated heterocycles. The first kappa shape index (κ1) is 26.9. The van der Waals surface area contributed by atoms with E-state index in [4.69, 9.17) is 9.47 Å². The maximum atomic E-state index is 5.86. The van der Waals surface area contributed by atoms with Crippen LogP contribution in [0, 0.1) is 0 Å². The first-order valence-electron chi connectivity index (χ1n) is 12.5. The number of hydrogen-bond acceptors (Lipinski definition) is 2. The molecule has 0 rings (SSSR count). The van der Waals surface area contributed by atoms with Gasteiger partial charge in [-0.15, -0.1) is 0 Å². The fourth-order valence-corrected chi connectivity index (χ4v) is 3.51. The Balaban J connectivity index is 3.12. The summed E-state index contributed by atoms with van der Waals surface area (Å²) in [6.07, 6.45) is 24.9. The molecular weight excluding hydrogens is 332 g/mol. The maximum Gasteiger partial charge on any atom is 0.0780 e. The number of rotatable bonds is 23. The third kappa shape index (κ3) is 23.9. The number of hydrogen-bond donors (Lipinski definition) is 0. The molecule has 0 fully saturated rings. The van der Waals surface area contributed by atoms with Gasteiger partial charge in [0.25, 0.3) is 0 Å². The Morgan fingerprint density at radius 1 is 0.481 bits per heavy atom. The van der Waals surface area contributed by atoms with E-state index in [-0.39, 0.29) is 6.10 Å². The maximum absolute atomic E-state index is 5.86. The van der Waals surface area contributed by atoms with Gasteiger partial charge in [0.1, 0.15) is 0 Å². The molecule has 2 heteroatoms. The van der Waals surface area contributed by atoms with Gasteiger partial charge in [0.15, 0.2) is 0 Å². The van der Waals surface area contributed by atoms with E-state index in [9.17, 15) is 0 Å². The van der Waals surface area contributed by atoms with Crippen LogP contribution >= 0.6 is 0 Å². The molecule has 0 spiro atoms. The first-order valence-corrected chi connectivity index (χ1v) is 12.5. The van der Waals surface area contributed by atoms with Crippen molar-refractivity contribution in [3.63, 3.8) is 0 Å². The van der Waals surface area contributed by atoms with Gasteiger partial charge in [-0.3, -0.25) is 0 Å². The highest BCUT2D eigenvalue weighted by molar-refractivity contribution is 4.51. The molecule has 0 saturated carbocycles. The first-order chi connectivity index (χ1) is 13.3. The lowest BCUT2D eigenvalue weighted by molar-refractivity contribution is -0.00869. The van der Waals surface area contributed by atoms with Crippen LogP contribution in [0.5, 0.6) is 0 Å². The van der Waals surface area contributed by atoms with Crippen LogP contribution < -0.4 is 0 Å². The topological polar surface area (TPSA) is 18.5 Å². The quantitative estimate of drug-likeness (QED) is 0.164. The van der Waals surface area contributed by atoms with Gasteiger partial charge in [-0.2, -0.15) is 0 Å². The average Bonchev–Trinajstić information content (AvgIpc) is 2.67. The second-order valence-electron chi connectivity index (χ2n) is 8.41. The lowest BCUT2D eigenvalue weighted by Gasteiger charge is -2.13. The number of unbranched alkanes of at least 4 members (excludes halogenated alkanes) is 16. The van der Waals surface area contributed by atoms with Crippen LogP contribution in [0.25, 0.3) is 0 Å². The third-order valence-electron chi connectivity index (χ3n) is 5.40. The fraction of sp³-hybridized carbons (Fsp3) is 1.00. The Morgan fingerprint density at radius 3 is 1.30 bits per heavy atom. The summed E-state index contributed by atoms with van der Waals surface area (Å²) in [4.78, 5) is 0. The van der Waals surface area contributed by atoms with E-state index in [1.165, 1.54) is 116 Å². The molecule has 0 heterocycles. The summed E-state index contributed by atoms with van der Waals surface area (Å²) < 4.78 is 11.6. The van der Waals surface area contributed by atoms with Crippen molar-refractivity contribution >= 4 is 0 Å². The van der Waals surface area contributed by atoms with E-state index in [1.807, 2.05) is 0 Å². The Hall–Kier alpha value is -0.0800. The van der Waals surface area contributed by atoms with E-state index in [1.54, 1.807) is 0 Å². The molecule has 2 nitrogen and oxygen atoms in total. The van der Waals surface area contributed by atoms with E-state index in [0.717, 1.165) is 19.8 Å². The summed E-state index contributed by atoms with van der Waals surface area (Å²) >= 11 is 0. The molecule has 0 radical (unpaired) electrons. The summed E-state index contributed by atoms with van der Waals surface area (Å²) in [6.45, 7) is 9.27.